The summed E-state index contributed by atoms with van der Waals surface area (Å²) in [5.74, 6) is 0.0718. The molecule has 2 rings (SSSR count). The molecule has 3 nitrogen and oxygen atoms in total. The van der Waals surface area contributed by atoms with Crippen LogP contribution in [0.25, 0.3) is 0 Å². The summed E-state index contributed by atoms with van der Waals surface area (Å²) < 4.78 is 6.62. The summed E-state index contributed by atoms with van der Waals surface area (Å²) in [5.41, 5.74) is 1.06. The van der Waals surface area contributed by atoms with Crippen molar-refractivity contribution in [2.45, 2.75) is 25.4 Å². The van der Waals surface area contributed by atoms with Gasteiger partial charge in [0.2, 0.25) is 5.91 Å². The molecule has 0 aromatic heterocycles. The van der Waals surface area contributed by atoms with Gasteiger partial charge in [0.25, 0.3) is 0 Å². The van der Waals surface area contributed by atoms with Crippen molar-refractivity contribution in [3.05, 3.63) is 33.4 Å². The Morgan fingerprint density at radius 2 is 2.41 bits per heavy atom. The predicted molar refractivity (Wildman–Crippen MR) is 74.8 cm³/mol. The van der Waals surface area contributed by atoms with Crippen molar-refractivity contribution in [1.82, 2.24) is 5.32 Å². The number of ether oxygens (including phenoxy) is 1. The van der Waals surface area contributed by atoms with Crippen LogP contribution in [0, 0.1) is 3.57 Å². The molecule has 0 aliphatic carbocycles. The van der Waals surface area contributed by atoms with Gasteiger partial charge in [-0.15, -0.1) is 0 Å². The van der Waals surface area contributed by atoms with Gasteiger partial charge in [-0.25, -0.2) is 0 Å². The molecule has 1 amide bonds. The molecule has 1 heterocycles. The normalized spacial score (nSPS) is 19.2. The van der Waals surface area contributed by atoms with Crippen molar-refractivity contribution in [1.29, 1.82) is 0 Å². The summed E-state index contributed by atoms with van der Waals surface area (Å²) in [6.45, 7) is 1.47. The molecule has 1 atom stereocenters. The second-order valence-electron chi connectivity index (χ2n) is 4.25. The fraction of sp³-hybridized carbons (Fsp3) is 0.462. The number of hydrogen-bond donors (Lipinski definition) is 1. The number of rotatable bonds is 4. The smallest absolute Gasteiger partial charge is 0.224 e. The quantitative estimate of drug-likeness (QED) is 0.849. The molecule has 1 aliphatic heterocycles. The average Bonchev–Trinajstić information content (AvgIpc) is 2.79. The molecule has 1 N–H and O–H groups in total. The van der Waals surface area contributed by atoms with Crippen LogP contribution >= 0.6 is 22.6 Å². The Labute approximate surface area is 115 Å². The SMILES string of the molecule is O=C(Cc1cccc(I)c1)NC[C@H]1CCCO1. The maximum atomic E-state index is 11.7. The summed E-state index contributed by atoms with van der Waals surface area (Å²) in [7, 11) is 0. The Bertz CT molecular complexity index is 389. The van der Waals surface area contributed by atoms with Crippen molar-refractivity contribution < 1.29 is 9.53 Å². The number of carbonyl (C=O) groups is 1. The molecule has 92 valence electrons. The Kier molecular flexibility index (Phi) is 4.79. The zero-order chi connectivity index (χ0) is 12.1. The van der Waals surface area contributed by atoms with Gasteiger partial charge in [0, 0.05) is 16.7 Å². The average molecular weight is 345 g/mol. The number of hydrogen-bond acceptors (Lipinski definition) is 2. The monoisotopic (exact) mass is 345 g/mol. The fourth-order valence-corrected chi connectivity index (χ4v) is 2.54. The summed E-state index contributed by atoms with van der Waals surface area (Å²) in [5, 5.41) is 2.93. The highest BCUT2D eigenvalue weighted by Crippen LogP contribution is 2.11. The van der Waals surface area contributed by atoms with E-state index in [-0.39, 0.29) is 12.0 Å². The van der Waals surface area contributed by atoms with E-state index < -0.39 is 0 Å². The van der Waals surface area contributed by atoms with Crippen molar-refractivity contribution in [2.75, 3.05) is 13.2 Å². The van der Waals surface area contributed by atoms with Gasteiger partial charge in [0.15, 0.2) is 0 Å². The third-order valence-electron chi connectivity index (χ3n) is 2.80. The topological polar surface area (TPSA) is 38.3 Å². The zero-order valence-corrected chi connectivity index (χ0v) is 11.8. The van der Waals surface area contributed by atoms with Gasteiger partial charge in [-0.3, -0.25) is 4.79 Å². The summed E-state index contributed by atoms with van der Waals surface area (Å²) in [4.78, 5) is 11.7. The van der Waals surface area contributed by atoms with Gasteiger partial charge < -0.3 is 10.1 Å². The first kappa shape index (κ1) is 12.8. The molecule has 1 aromatic rings. The molecule has 17 heavy (non-hydrogen) atoms. The first-order chi connectivity index (χ1) is 8.24. The van der Waals surface area contributed by atoms with Crippen molar-refractivity contribution in [2.24, 2.45) is 0 Å². The summed E-state index contributed by atoms with van der Waals surface area (Å²) >= 11 is 2.25. The van der Waals surface area contributed by atoms with Gasteiger partial charge >= 0.3 is 0 Å². The number of halogens is 1. The van der Waals surface area contributed by atoms with E-state index in [4.69, 9.17) is 4.74 Å². The van der Waals surface area contributed by atoms with Gasteiger partial charge in [-0.05, 0) is 53.1 Å². The van der Waals surface area contributed by atoms with E-state index >= 15 is 0 Å². The minimum atomic E-state index is 0.0718. The third kappa shape index (κ3) is 4.27. The molecule has 0 radical (unpaired) electrons. The van der Waals surface area contributed by atoms with Gasteiger partial charge in [0.05, 0.1) is 12.5 Å². The van der Waals surface area contributed by atoms with E-state index in [1.165, 1.54) is 0 Å². The number of benzene rings is 1. The van der Waals surface area contributed by atoms with E-state index in [1.807, 2.05) is 24.3 Å². The predicted octanol–water partition coefficient (Wildman–Crippen LogP) is 2.13. The van der Waals surface area contributed by atoms with Gasteiger partial charge in [0.1, 0.15) is 0 Å². The lowest BCUT2D eigenvalue weighted by atomic mass is 10.1. The van der Waals surface area contributed by atoms with Crippen LogP contribution < -0.4 is 5.32 Å². The van der Waals surface area contributed by atoms with Crippen LogP contribution in [0.5, 0.6) is 0 Å². The van der Waals surface area contributed by atoms with Crippen LogP contribution in [0.4, 0.5) is 0 Å². The van der Waals surface area contributed by atoms with Crippen LogP contribution in [0.2, 0.25) is 0 Å². The molecule has 0 bridgehead atoms. The molecular formula is C13H16INO2. The Morgan fingerprint density at radius 3 is 3.12 bits per heavy atom. The number of amides is 1. The number of carbonyl (C=O) groups excluding carboxylic acids is 1. The fourth-order valence-electron chi connectivity index (χ4n) is 1.93. The molecule has 4 heteroatoms. The van der Waals surface area contributed by atoms with Crippen molar-refractivity contribution in [3.63, 3.8) is 0 Å². The molecule has 1 saturated heterocycles. The molecule has 1 aromatic carbocycles. The Morgan fingerprint density at radius 1 is 1.53 bits per heavy atom. The molecule has 0 spiro atoms. The van der Waals surface area contributed by atoms with Crippen molar-refractivity contribution in [3.8, 4) is 0 Å². The van der Waals surface area contributed by atoms with Gasteiger partial charge in [-0.1, -0.05) is 12.1 Å². The highest BCUT2D eigenvalue weighted by molar-refractivity contribution is 14.1. The molecular weight excluding hydrogens is 329 g/mol. The Balaban J connectivity index is 1.76. The van der Waals surface area contributed by atoms with Crippen molar-refractivity contribution >= 4 is 28.5 Å². The second-order valence-corrected chi connectivity index (χ2v) is 5.49. The lowest BCUT2D eigenvalue weighted by Gasteiger charge is -2.10. The van der Waals surface area contributed by atoms with Crippen LogP contribution in [-0.4, -0.2) is 25.2 Å². The van der Waals surface area contributed by atoms with E-state index in [2.05, 4.69) is 27.9 Å². The number of nitrogens with one attached hydrogen (secondary N) is 1. The standard InChI is InChI=1S/C13H16INO2/c14-11-4-1-3-10(7-11)8-13(16)15-9-12-5-2-6-17-12/h1,3-4,7,12H,2,5-6,8-9H2,(H,15,16)/t12-/m1/s1. The highest BCUT2D eigenvalue weighted by Gasteiger charge is 2.16. The molecule has 1 aliphatic rings. The maximum absolute atomic E-state index is 11.7. The van der Waals surface area contributed by atoms with E-state index in [0.29, 0.717) is 13.0 Å². The van der Waals surface area contributed by atoms with Gasteiger partial charge in [-0.2, -0.15) is 0 Å². The lowest BCUT2D eigenvalue weighted by molar-refractivity contribution is -0.120. The van der Waals surface area contributed by atoms with Crippen LogP contribution in [0.3, 0.4) is 0 Å². The van der Waals surface area contributed by atoms with E-state index in [0.717, 1.165) is 28.6 Å². The minimum Gasteiger partial charge on any atom is -0.376 e. The molecule has 0 saturated carbocycles. The minimum absolute atomic E-state index is 0.0718. The third-order valence-corrected chi connectivity index (χ3v) is 3.48. The summed E-state index contributed by atoms with van der Waals surface area (Å²) in [6.07, 6.45) is 2.83. The highest BCUT2D eigenvalue weighted by atomic mass is 127. The Hall–Kier alpha value is -0.620. The largest absolute Gasteiger partial charge is 0.376 e. The summed E-state index contributed by atoms with van der Waals surface area (Å²) in [6, 6.07) is 8.01. The molecule has 0 unspecified atom stereocenters. The zero-order valence-electron chi connectivity index (χ0n) is 9.62. The first-order valence-electron chi connectivity index (χ1n) is 5.87. The maximum Gasteiger partial charge on any atom is 0.224 e. The van der Waals surface area contributed by atoms with Crippen LogP contribution in [0.1, 0.15) is 18.4 Å². The first-order valence-corrected chi connectivity index (χ1v) is 6.94. The second kappa shape index (κ2) is 6.35. The van der Waals surface area contributed by atoms with E-state index in [9.17, 15) is 4.79 Å². The van der Waals surface area contributed by atoms with E-state index in [1.54, 1.807) is 0 Å². The lowest BCUT2D eigenvalue weighted by Crippen LogP contribution is -2.32. The van der Waals surface area contributed by atoms with Crippen LogP contribution in [0.15, 0.2) is 24.3 Å². The van der Waals surface area contributed by atoms with Crippen LogP contribution in [-0.2, 0) is 16.0 Å². The molecule has 1 fully saturated rings.